The van der Waals surface area contributed by atoms with Crippen molar-refractivity contribution in [3.63, 3.8) is 0 Å². The highest BCUT2D eigenvalue weighted by molar-refractivity contribution is 7.34. The smallest absolute Gasteiger partial charge is 0.460 e. The van der Waals surface area contributed by atoms with Gasteiger partial charge in [0.15, 0.2) is 11.5 Å². The van der Waals surface area contributed by atoms with Gasteiger partial charge in [-0.1, -0.05) is 43.0 Å². The predicted molar refractivity (Wildman–Crippen MR) is 94.6 cm³/mol. The standard InChI is InChI=1S/C12H10O3P.C6H10O3/c13-16(14-11-7-3-1-4-8-11)15-12-9-5-2-6-10-12;1-5(2)6(8)9-4-3-7/h1-10H;7H,1,3-4H2,2H3/q+1;. The van der Waals surface area contributed by atoms with Crippen molar-refractivity contribution < 1.29 is 28.3 Å². The van der Waals surface area contributed by atoms with Gasteiger partial charge in [0.05, 0.1) is 6.61 Å². The van der Waals surface area contributed by atoms with E-state index in [0.717, 1.165) is 0 Å². The van der Waals surface area contributed by atoms with Crippen molar-refractivity contribution in [2.45, 2.75) is 6.92 Å². The Morgan fingerprint density at radius 3 is 1.80 bits per heavy atom. The number of carbonyl (C=O) groups excluding carboxylic acids is 1. The highest BCUT2D eigenvalue weighted by atomic mass is 31.1. The van der Waals surface area contributed by atoms with E-state index in [1.807, 2.05) is 12.1 Å². The van der Waals surface area contributed by atoms with Crippen molar-refractivity contribution in [1.82, 2.24) is 0 Å². The third-order valence-corrected chi connectivity index (χ3v) is 3.24. The molecule has 0 atom stereocenters. The number of benzene rings is 2. The Morgan fingerprint density at radius 1 is 1.00 bits per heavy atom. The number of aliphatic hydroxyl groups excluding tert-OH is 1. The van der Waals surface area contributed by atoms with E-state index in [2.05, 4.69) is 11.3 Å². The molecule has 0 bridgehead atoms. The second-order valence-corrected chi connectivity index (χ2v) is 5.48. The molecule has 1 N–H and O–H groups in total. The molecule has 0 aliphatic heterocycles. The topological polar surface area (TPSA) is 82.1 Å². The van der Waals surface area contributed by atoms with E-state index < -0.39 is 14.2 Å². The molecule has 0 saturated heterocycles. The molecule has 0 spiro atoms. The van der Waals surface area contributed by atoms with Crippen LogP contribution in [0.25, 0.3) is 0 Å². The lowest BCUT2D eigenvalue weighted by atomic mass is 10.3. The van der Waals surface area contributed by atoms with Crippen molar-refractivity contribution in [2.24, 2.45) is 0 Å². The maximum atomic E-state index is 11.5. The molecule has 0 aromatic heterocycles. The maximum absolute atomic E-state index is 11.5. The molecule has 0 aliphatic rings. The Labute approximate surface area is 147 Å². The van der Waals surface area contributed by atoms with Crippen LogP contribution in [0.1, 0.15) is 6.92 Å². The van der Waals surface area contributed by atoms with Gasteiger partial charge in [0.2, 0.25) is 0 Å². The van der Waals surface area contributed by atoms with Crippen molar-refractivity contribution in [2.75, 3.05) is 13.2 Å². The number of rotatable bonds is 7. The molecule has 2 aromatic carbocycles. The van der Waals surface area contributed by atoms with Crippen LogP contribution in [0.5, 0.6) is 11.5 Å². The van der Waals surface area contributed by atoms with Crippen LogP contribution in [0.2, 0.25) is 0 Å². The Hall–Kier alpha value is -2.69. The molecule has 6 nitrogen and oxygen atoms in total. The van der Waals surface area contributed by atoms with E-state index in [-0.39, 0.29) is 13.2 Å². The average molecular weight is 363 g/mol. The normalized spacial score (nSPS) is 9.20. The highest BCUT2D eigenvalue weighted by Gasteiger charge is 2.23. The summed E-state index contributed by atoms with van der Waals surface area (Å²) < 4.78 is 26.2. The highest BCUT2D eigenvalue weighted by Crippen LogP contribution is 2.29. The molecule has 7 heteroatoms. The largest absolute Gasteiger partial charge is 0.805 e. The second-order valence-electron chi connectivity index (χ2n) is 4.67. The fraction of sp³-hybridized carbons (Fsp3) is 0.167. The summed E-state index contributed by atoms with van der Waals surface area (Å²) in [4.78, 5) is 10.5. The molecule has 0 saturated carbocycles. The van der Waals surface area contributed by atoms with Gasteiger partial charge >= 0.3 is 14.2 Å². The van der Waals surface area contributed by atoms with E-state index in [1.165, 1.54) is 0 Å². The summed E-state index contributed by atoms with van der Waals surface area (Å²) in [6.07, 6.45) is 0. The van der Waals surface area contributed by atoms with E-state index in [0.29, 0.717) is 17.1 Å². The summed E-state index contributed by atoms with van der Waals surface area (Å²) in [5.74, 6) is 0.600. The van der Waals surface area contributed by atoms with E-state index in [4.69, 9.17) is 14.2 Å². The van der Waals surface area contributed by atoms with Gasteiger partial charge in [0.25, 0.3) is 0 Å². The van der Waals surface area contributed by atoms with Gasteiger partial charge in [-0.15, -0.1) is 0 Å². The van der Waals surface area contributed by atoms with Crippen LogP contribution >= 0.6 is 8.25 Å². The molecule has 0 heterocycles. The first kappa shape index (κ1) is 20.4. The van der Waals surface area contributed by atoms with Gasteiger partial charge in [0.1, 0.15) is 6.61 Å². The minimum Gasteiger partial charge on any atom is -0.460 e. The second kappa shape index (κ2) is 11.8. The first-order valence-corrected chi connectivity index (χ1v) is 8.49. The number of carbonyl (C=O) groups is 1. The van der Waals surface area contributed by atoms with Crippen molar-refractivity contribution in [3.8, 4) is 11.5 Å². The molecular weight excluding hydrogens is 343 g/mol. The van der Waals surface area contributed by atoms with Crippen LogP contribution in [0.15, 0.2) is 72.8 Å². The van der Waals surface area contributed by atoms with E-state index in [9.17, 15) is 9.36 Å². The molecule has 0 unspecified atom stereocenters. The van der Waals surface area contributed by atoms with Gasteiger partial charge in [-0.3, -0.25) is 0 Å². The number of ether oxygens (including phenoxy) is 1. The van der Waals surface area contributed by atoms with Crippen molar-refractivity contribution in [3.05, 3.63) is 72.8 Å². The zero-order chi connectivity index (χ0) is 18.5. The van der Waals surface area contributed by atoms with Gasteiger partial charge in [-0.05, 0) is 31.2 Å². The quantitative estimate of drug-likeness (QED) is 0.456. The van der Waals surface area contributed by atoms with Crippen molar-refractivity contribution in [1.29, 1.82) is 0 Å². The average Bonchev–Trinajstić information content (AvgIpc) is 2.61. The van der Waals surface area contributed by atoms with E-state index >= 15 is 0 Å². The fourth-order valence-corrected chi connectivity index (χ4v) is 2.04. The minimum atomic E-state index is -2.18. The zero-order valence-electron chi connectivity index (χ0n) is 13.8. The first-order valence-electron chi connectivity index (χ1n) is 7.39. The summed E-state index contributed by atoms with van der Waals surface area (Å²) in [5, 5.41) is 8.19. The van der Waals surface area contributed by atoms with Gasteiger partial charge in [0, 0.05) is 10.1 Å². The Kier molecular flexibility index (Phi) is 9.60. The zero-order valence-corrected chi connectivity index (χ0v) is 14.7. The molecule has 0 amide bonds. The monoisotopic (exact) mass is 363 g/mol. The van der Waals surface area contributed by atoms with Crippen LogP contribution in [-0.4, -0.2) is 24.3 Å². The lowest BCUT2D eigenvalue weighted by Crippen LogP contribution is -2.08. The fourth-order valence-electron chi connectivity index (χ4n) is 1.42. The summed E-state index contributed by atoms with van der Waals surface area (Å²) in [5.41, 5.74) is 0.350. The van der Waals surface area contributed by atoms with Crippen LogP contribution in [0.4, 0.5) is 0 Å². The Balaban J connectivity index is 0.000000299. The summed E-state index contributed by atoms with van der Waals surface area (Å²) in [6.45, 7) is 4.81. The first-order chi connectivity index (χ1) is 12.0. The van der Waals surface area contributed by atoms with Crippen molar-refractivity contribution >= 4 is 14.2 Å². The van der Waals surface area contributed by atoms with Gasteiger partial charge in [-0.25, -0.2) is 13.8 Å². The molecule has 2 rings (SSSR count). The number of hydrogen-bond donors (Lipinski definition) is 1. The lowest BCUT2D eigenvalue weighted by Gasteiger charge is -1.99. The van der Waals surface area contributed by atoms with Gasteiger partial charge < -0.3 is 9.84 Å². The molecule has 132 valence electrons. The molecule has 2 aromatic rings. The third-order valence-electron chi connectivity index (χ3n) is 2.52. The minimum absolute atomic E-state index is 0.0473. The number of esters is 1. The lowest BCUT2D eigenvalue weighted by molar-refractivity contribution is -0.139. The van der Waals surface area contributed by atoms with Crippen LogP contribution in [0.3, 0.4) is 0 Å². The van der Waals surface area contributed by atoms with Crippen LogP contribution in [-0.2, 0) is 14.1 Å². The summed E-state index contributed by atoms with van der Waals surface area (Å²) in [6, 6.07) is 17.8. The number of para-hydroxylation sites is 2. The molecule has 25 heavy (non-hydrogen) atoms. The predicted octanol–water partition coefficient (Wildman–Crippen LogP) is 3.90. The summed E-state index contributed by atoms with van der Waals surface area (Å²) >= 11 is 0. The summed E-state index contributed by atoms with van der Waals surface area (Å²) in [7, 11) is -2.18. The maximum Gasteiger partial charge on any atom is 0.805 e. The molecule has 0 fully saturated rings. The third kappa shape index (κ3) is 9.25. The SMILES string of the molecule is C=C(C)C(=O)OCCO.O=[P+](Oc1ccccc1)Oc1ccccc1. The van der Waals surface area contributed by atoms with Crippen LogP contribution in [0, 0.1) is 0 Å². The Bertz CT molecular complexity index is 629. The number of aliphatic hydroxyl groups is 1. The Morgan fingerprint density at radius 2 is 1.44 bits per heavy atom. The van der Waals surface area contributed by atoms with Gasteiger partial charge in [-0.2, -0.15) is 0 Å². The molecular formula is C18H20O6P+. The number of hydrogen-bond acceptors (Lipinski definition) is 6. The van der Waals surface area contributed by atoms with Crippen LogP contribution < -0.4 is 9.05 Å². The molecule has 0 radical (unpaired) electrons. The van der Waals surface area contributed by atoms with E-state index in [1.54, 1.807) is 55.5 Å². The molecule has 0 aliphatic carbocycles.